The second kappa shape index (κ2) is 4.19. The number of hydrazine groups is 1. The van der Waals surface area contributed by atoms with Gasteiger partial charge in [0.15, 0.2) is 10.8 Å². The van der Waals surface area contributed by atoms with Crippen molar-refractivity contribution in [2.45, 2.75) is 30.3 Å². The number of nitrogens with one attached hydrogen (secondary N) is 2. The Kier molecular flexibility index (Phi) is 2.77. The molecule has 0 bridgehead atoms. The molecule has 7 nitrogen and oxygen atoms in total. The SMILES string of the molecule is NNc1nc2sccn2c1S(=O)(=O)NC1CCC1. The van der Waals surface area contributed by atoms with E-state index in [1.54, 1.807) is 11.6 Å². The Morgan fingerprint density at radius 1 is 1.50 bits per heavy atom. The number of imidazole rings is 1. The molecule has 98 valence electrons. The maximum Gasteiger partial charge on any atom is 0.260 e. The molecule has 1 aliphatic rings. The summed E-state index contributed by atoms with van der Waals surface area (Å²) in [7, 11) is -3.60. The number of nitrogen functional groups attached to an aromatic ring is 1. The third-order valence-electron chi connectivity index (χ3n) is 3.04. The van der Waals surface area contributed by atoms with Crippen LogP contribution in [0.5, 0.6) is 0 Å². The summed E-state index contributed by atoms with van der Waals surface area (Å²) in [4.78, 5) is 4.73. The number of nitrogens with zero attached hydrogens (tertiary/aromatic N) is 2. The standard InChI is InChI=1S/C9H13N5O2S2/c10-12-7-8(14-4-5-17-9(14)11-7)18(15,16)13-6-2-1-3-6/h4-6,12-13H,1-3,10H2. The number of hydrogen-bond acceptors (Lipinski definition) is 6. The van der Waals surface area contributed by atoms with Gasteiger partial charge in [0.25, 0.3) is 10.0 Å². The van der Waals surface area contributed by atoms with Crippen LogP contribution in [0.2, 0.25) is 0 Å². The Bertz CT molecular complexity index is 670. The molecule has 0 radical (unpaired) electrons. The number of thiazole rings is 1. The van der Waals surface area contributed by atoms with E-state index in [1.807, 2.05) is 0 Å². The van der Waals surface area contributed by atoms with Gasteiger partial charge in [0.1, 0.15) is 0 Å². The first-order chi connectivity index (χ1) is 8.62. The molecule has 18 heavy (non-hydrogen) atoms. The summed E-state index contributed by atoms with van der Waals surface area (Å²) >= 11 is 1.36. The minimum Gasteiger partial charge on any atom is -0.306 e. The van der Waals surface area contributed by atoms with Crippen molar-refractivity contribution in [2.75, 3.05) is 5.43 Å². The van der Waals surface area contributed by atoms with Gasteiger partial charge < -0.3 is 5.43 Å². The second-order valence-electron chi connectivity index (χ2n) is 4.21. The summed E-state index contributed by atoms with van der Waals surface area (Å²) in [5.41, 5.74) is 2.34. The van der Waals surface area contributed by atoms with Crippen LogP contribution < -0.4 is 16.0 Å². The molecule has 2 heterocycles. The fourth-order valence-electron chi connectivity index (χ4n) is 1.92. The van der Waals surface area contributed by atoms with E-state index in [-0.39, 0.29) is 16.9 Å². The van der Waals surface area contributed by atoms with E-state index in [1.165, 1.54) is 15.7 Å². The third kappa shape index (κ3) is 1.79. The van der Waals surface area contributed by atoms with Crippen molar-refractivity contribution in [3.8, 4) is 0 Å². The zero-order valence-corrected chi connectivity index (χ0v) is 11.1. The van der Waals surface area contributed by atoms with Crippen LogP contribution in [-0.4, -0.2) is 23.8 Å². The van der Waals surface area contributed by atoms with E-state index in [0.717, 1.165) is 19.3 Å². The predicted octanol–water partition coefficient (Wildman–Crippen LogP) is 0.512. The number of fused-ring (bicyclic) bond motifs is 1. The lowest BCUT2D eigenvalue weighted by molar-refractivity contribution is 0.383. The maximum absolute atomic E-state index is 12.3. The maximum atomic E-state index is 12.3. The lowest BCUT2D eigenvalue weighted by Gasteiger charge is -2.25. The van der Waals surface area contributed by atoms with E-state index in [2.05, 4.69) is 15.1 Å². The first-order valence-electron chi connectivity index (χ1n) is 5.56. The van der Waals surface area contributed by atoms with Crippen LogP contribution in [0.4, 0.5) is 5.82 Å². The molecular weight excluding hydrogens is 274 g/mol. The number of aromatic nitrogens is 2. The van der Waals surface area contributed by atoms with Crippen molar-refractivity contribution in [1.29, 1.82) is 0 Å². The second-order valence-corrected chi connectivity index (χ2v) is 6.72. The molecule has 1 aliphatic carbocycles. The molecule has 0 atom stereocenters. The predicted molar refractivity (Wildman–Crippen MR) is 68.8 cm³/mol. The number of sulfonamides is 1. The zero-order chi connectivity index (χ0) is 12.8. The van der Waals surface area contributed by atoms with E-state index in [4.69, 9.17) is 5.84 Å². The Morgan fingerprint density at radius 2 is 2.28 bits per heavy atom. The highest BCUT2D eigenvalue weighted by atomic mass is 32.2. The summed E-state index contributed by atoms with van der Waals surface area (Å²) in [6, 6.07) is 0.0322. The van der Waals surface area contributed by atoms with Gasteiger partial charge in [-0.1, -0.05) is 6.42 Å². The molecule has 1 saturated carbocycles. The molecule has 0 saturated heterocycles. The van der Waals surface area contributed by atoms with Gasteiger partial charge in [-0.15, -0.1) is 11.3 Å². The Balaban J connectivity index is 2.07. The topological polar surface area (TPSA) is 102 Å². The number of rotatable bonds is 4. The van der Waals surface area contributed by atoms with Gasteiger partial charge in [0.2, 0.25) is 5.03 Å². The molecule has 1 fully saturated rings. The quantitative estimate of drug-likeness (QED) is 0.562. The Labute approximate surface area is 108 Å². The van der Waals surface area contributed by atoms with Crippen LogP contribution in [0.25, 0.3) is 4.96 Å². The monoisotopic (exact) mass is 287 g/mol. The van der Waals surface area contributed by atoms with Gasteiger partial charge in [0, 0.05) is 17.6 Å². The third-order valence-corrected chi connectivity index (χ3v) is 5.34. The zero-order valence-electron chi connectivity index (χ0n) is 9.46. The van der Waals surface area contributed by atoms with Crippen molar-refractivity contribution < 1.29 is 8.42 Å². The van der Waals surface area contributed by atoms with E-state index in [9.17, 15) is 8.42 Å². The first kappa shape index (κ1) is 11.9. The molecule has 0 spiro atoms. The normalized spacial score (nSPS) is 16.9. The van der Waals surface area contributed by atoms with Crippen LogP contribution in [0.1, 0.15) is 19.3 Å². The fourth-order valence-corrected chi connectivity index (χ4v) is 4.24. The van der Waals surface area contributed by atoms with Crippen LogP contribution in [-0.2, 0) is 10.0 Å². The van der Waals surface area contributed by atoms with Crippen molar-refractivity contribution in [1.82, 2.24) is 14.1 Å². The largest absolute Gasteiger partial charge is 0.306 e. The highest BCUT2D eigenvalue weighted by molar-refractivity contribution is 7.89. The lowest BCUT2D eigenvalue weighted by atomic mass is 9.94. The molecule has 0 aliphatic heterocycles. The summed E-state index contributed by atoms with van der Waals surface area (Å²) in [5, 5.41) is 1.86. The minimum atomic E-state index is -3.60. The Morgan fingerprint density at radius 3 is 2.89 bits per heavy atom. The average molecular weight is 287 g/mol. The molecule has 0 aromatic carbocycles. The summed E-state index contributed by atoms with van der Waals surface area (Å²) in [6.07, 6.45) is 4.50. The van der Waals surface area contributed by atoms with Crippen LogP contribution >= 0.6 is 11.3 Å². The van der Waals surface area contributed by atoms with Gasteiger partial charge in [-0.2, -0.15) is 4.98 Å². The van der Waals surface area contributed by atoms with Crippen LogP contribution in [0.3, 0.4) is 0 Å². The molecule has 2 aromatic rings. The summed E-state index contributed by atoms with van der Waals surface area (Å²) in [5.74, 6) is 5.51. The molecule has 4 N–H and O–H groups in total. The van der Waals surface area contributed by atoms with E-state index in [0.29, 0.717) is 4.96 Å². The number of nitrogens with two attached hydrogens (primary N) is 1. The van der Waals surface area contributed by atoms with E-state index >= 15 is 0 Å². The van der Waals surface area contributed by atoms with Crippen molar-refractivity contribution in [3.63, 3.8) is 0 Å². The lowest BCUT2D eigenvalue weighted by Crippen LogP contribution is -2.40. The van der Waals surface area contributed by atoms with Crippen molar-refractivity contribution in [2.24, 2.45) is 5.84 Å². The molecule has 0 unspecified atom stereocenters. The summed E-state index contributed by atoms with van der Waals surface area (Å²) < 4.78 is 28.9. The Hall–Kier alpha value is -1.16. The molecule has 2 aromatic heterocycles. The first-order valence-corrected chi connectivity index (χ1v) is 7.92. The average Bonchev–Trinajstić information content (AvgIpc) is 2.81. The van der Waals surface area contributed by atoms with Gasteiger partial charge in [-0.25, -0.2) is 19.0 Å². The fraction of sp³-hybridized carbons (Fsp3) is 0.444. The molecule has 9 heteroatoms. The summed E-state index contributed by atoms with van der Waals surface area (Å²) in [6.45, 7) is 0. The van der Waals surface area contributed by atoms with Gasteiger partial charge in [-0.3, -0.25) is 4.40 Å². The molecule has 3 rings (SSSR count). The highest BCUT2D eigenvalue weighted by Gasteiger charge is 2.30. The molecule has 0 amide bonds. The number of anilines is 1. The van der Waals surface area contributed by atoms with Crippen LogP contribution in [0, 0.1) is 0 Å². The molecular formula is C9H13N5O2S2. The van der Waals surface area contributed by atoms with Crippen molar-refractivity contribution in [3.05, 3.63) is 11.6 Å². The number of hydrogen-bond donors (Lipinski definition) is 3. The van der Waals surface area contributed by atoms with Gasteiger partial charge >= 0.3 is 0 Å². The van der Waals surface area contributed by atoms with E-state index < -0.39 is 10.0 Å². The van der Waals surface area contributed by atoms with Crippen LogP contribution in [0.15, 0.2) is 16.6 Å². The van der Waals surface area contributed by atoms with Gasteiger partial charge in [0.05, 0.1) is 0 Å². The minimum absolute atomic E-state index is 0.0322. The smallest absolute Gasteiger partial charge is 0.260 e. The highest BCUT2D eigenvalue weighted by Crippen LogP contribution is 2.27. The van der Waals surface area contributed by atoms with Gasteiger partial charge in [-0.05, 0) is 12.8 Å². The van der Waals surface area contributed by atoms with Crippen molar-refractivity contribution >= 4 is 32.1 Å².